The zero-order valence-electron chi connectivity index (χ0n) is 10.2. The molecule has 0 saturated heterocycles. The summed E-state index contributed by atoms with van der Waals surface area (Å²) in [4.78, 5) is -0.0995. The standard InChI is InChI=1S/C10H10ClN3O4S2/c1-14-7-10(6-12-14)20(17,18)13-8-2-4-9(5-3-8)19(11,15)16/h2-7,13H,1H3. The smallest absolute Gasteiger partial charge is 0.265 e. The van der Waals surface area contributed by atoms with E-state index in [1.807, 2.05) is 0 Å². The zero-order chi connectivity index (χ0) is 15.0. The fourth-order valence-corrected chi connectivity index (χ4v) is 3.25. The Labute approximate surface area is 120 Å². The number of aryl methyl sites for hydroxylation is 1. The molecule has 0 amide bonds. The van der Waals surface area contributed by atoms with Crippen molar-refractivity contribution in [2.75, 3.05) is 4.72 Å². The molecule has 2 rings (SSSR count). The van der Waals surface area contributed by atoms with Crippen LogP contribution in [0.1, 0.15) is 0 Å². The second kappa shape index (κ2) is 5.08. The predicted octanol–water partition coefficient (Wildman–Crippen LogP) is 1.15. The summed E-state index contributed by atoms with van der Waals surface area (Å²) in [6, 6.07) is 5.04. The van der Waals surface area contributed by atoms with Gasteiger partial charge in [0.1, 0.15) is 4.90 Å². The molecule has 2 aromatic rings. The van der Waals surface area contributed by atoms with Crippen molar-refractivity contribution in [3.05, 3.63) is 36.7 Å². The molecule has 20 heavy (non-hydrogen) atoms. The first-order valence-electron chi connectivity index (χ1n) is 5.25. The van der Waals surface area contributed by atoms with E-state index in [4.69, 9.17) is 10.7 Å². The largest absolute Gasteiger partial charge is 0.280 e. The van der Waals surface area contributed by atoms with Gasteiger partial charge in [0, 0.05) is 29.6 Å². The van der Waals surface area contributed by atoms with Gasteiger partial charge >= 0.3 is 0 Å². The Morgan fingerprint density at radius 3 is 2.15 bits per heavy atom. The van der Waals surface area contributed by atoms with Crippen LogP contribution in [-0.2, 0) is 26.1 Å². The molecule has 1 aromatic carbocycles. The molecule has 0 aliphatic carbocycles. The summed E-state index contributed by atoms with van der Waals surface area (Å²) in [5, 5.41) is 3.77. The van der Waals surface area contributed by atoms with E-state index in [-0.39, 0.29) is 15.5 Å². The summed E-state index contributed by atoms with van der Waals surface area (Å²) >= 11 is 0. The van der Waals surface area contributed by atoms with Crippen molar-refractivity contribution in [3.63, 3.8) is 0 Å². The Kier molecular flexibility index (Phi) is 3.76. The third kappa shape index (κ3) is 3.30. The predicted molar refractivity (Wildman–Crippen MR) is 73.5 cm³/mol. The van der Waals surface area contributed by atoms with Crippen LogP contribution in [0.2, 0.25) is 0 Å². The Balaban J connectivity index is 2.26. The molecular weight excluding hydrogens is 326 g/mol. The molecule has 1 heterocycles. The summed E-state index contributed by atoms with van der Waals surface area (Å²) < 4.78 is 49.8. The van der Waals surface area contributed by atoms with Gasteiger partial charge in [0.2, 0.25) is 0 Å². The third-order valence-electron chi connectivity index (χ3n) is 2.38. The molecule has 0 fully saturated rings. The van der Waals surface area contributed by atoms with E-state index in [1.54, 1.807) is 7.05 Å². The van der Waals surface area contributed by atoms with Gasteiger partial charge in [-0.3, -0.25) is 9.40 Å². The maximum Gasteiger partial charge on any atom is 0.265 e. The lowest BCUT2D eigenvalue weighted by molar-refractivity contribution is 0.601. The normalized spacial score (nSPS) is 12.3. The Morgan fingerprint density at radius 1 is 1.10 bits per heavy atom. The van der Waals surface area contributed by atoms with Gasteiger partial charge in [0.25, 0.3) is 19.1 Å². The summed E-state index contributed by atoms with van der Waals surface area (Å²) in [5.41, 5.74) is 0.220. The van der Waals surface area contributed by atoms with Gasteiger partial charge in [-0.15, -0.1) is 0 Å². The number of anilines is 1. The summed E-state index contributed by atoms with van der Waals surface area (Å²) in [5.74, 6) is 0. The Hall–Kier alpha value is -1.58. The second-order valence-electron chi connectivity index (χ2n) is 3.92. The maximum absolute atomic E-state index is 12.0. The van der Waals surface area contributed by atoms with Gasteiger partial charge in [-0.25, -0.2) is 16.8 Å². The van der Waals surface area contributed by atoms with E-state index in [1.165, 1.54) is 41.3 Å². The van der Waals surface area contributed by atoms with Crippen LogP contribution in [0, 0.1) is 0 Å². The van der Waals surface area contributed by atoms with Crippen LogP contribution in [-0.4, -0.2) is 26.6 Å². The van der Waals surface area contributed by atoms with E-state index in [0.717, 1.165) is 0 Å². The van der Waals surface area contributed by atoms with E-state index in [2.05, 4.69) is 9.82 Å². The lowest BCUT2D eigenvalue weighted by Gasteiger charge is -2.06. The van der Waals surface area contributed by atoms with Crippen LogP contribution in [0.3, 0.4) is 0 Å². The van der Waals surface area contributed by atoms with Gasteiger partial charge in [-0.05, 0) is 24.3 Å². The Morgan fingerprint density at radius 2 is 1.70 bits per heavy atom. The molecule has 0 radical (unpaired) electrons. The van der Waals surface area contributed by atoms with Crippen LogP contribution in [0.4, 0.5) is 5.69 Å². The molecule has 7 nitrogen and oxygen atoms in total. The fourth-order valence-electron chi connectivity index (χ4n) is 1.44. The van der Waals surface area contributed by atoms with Gasteiger partial charge in [0.05, 0.1) is 11.1 Å². The van der Waals surface area contributed by atoms with Crippen molar-refractivity contribution >= 4 is 35.4 Å². The number of sulfonamides is 1. The first-order valence-corrected chi connectivity index (χ1v) is 9.04. The number of rotatable bonds is 4. The molecule has 10 heteroatoms. The first kappa shape index (κ1) is 14.8. The van der Waals surface area contributed by atoms with Gasteiger partial charge in [0.15, 0.2) is 0 Å². The minimum absolute atomic E-state index is 0.00837. The quantitative estimate of drug-likeness (QED) is 0.845. The molecule has 0 atom stereocenters. The maximum atomic E-state index is 12.0. The number of nitrogens with zero attached hydrogens (tertiary/aromatic N) is 2. The van der Waals surface area contributed by atoms with Crippen molar-refractivity contribution < 1.29 is 16.8 Å². The van der Waals surface area contributed by atoms with Gasteiger partial charge in [-0.2, -0.15) is 5.10 Å². The highest BCUT2D eigenvalue weighted by Gasteiger charge is 2.16. The van der Waals surface area contributed by atoms with Gasteiger partial charge < -0.3 is 0 Å². The van der Waals surface area contributed by atoms with Crippen LogP contribution >= 0.6 is 10.7 Å². The zero-order valence-corrected chi connectivity index (χ0v) is 12.6. The van der Waals surface area contributed by atoms with Crippen LogP contribution < -0.4 is 4.72 Å². The Bertz CT molecular complexity index is 826. The molecule has 0 spiro atoms. The summed E-state index contributed by atoms with van der Waals surface area (Å²) in [6.45, 7) is 0. The SMILES string of the molecule is Cn1cc(S(=O)(=O)Nc2ccc(S(=O)(=O)Cl)cc2)cn1. The minimum Gasteiger partial charge on any atom is -0.280 e. The van der Waals surface area contributed by atoms with Crippen LogP contribution in [0.25, 0.3) is 0 Å². The van der Waals surface area contributed by atoms with Crippen molar-refractivity contribution in [1.29, 1.82) is 0 Å². The van der Waals surface area contributed by atoms with Crippen molar-refractivity contribution in [2.24, 2.45) is 7.05 Å². The number of halogens is 1. The van der Waals surface area contributed by atoms with Crippen LogP contribution in [0.5, 0.6) is 0 Å². The van der Waals surface area contributed by atoms with Gasteiger partial charge in [-0.1, -0.05) is 0 Å². The molecule has 0 saturated carbocycles. The number of hydrogen-bond acceptors (Lipinski definition) is 5. The van der Waals surface area contributed by atoms with E-state index < -0.39 is 19.1 Å². The average molecular weight is 336 g/mol. The molecule has 0 aliphatic heterocycles. The topological polar surface area (TPSA) is 98.1 Å². The third-order valence-corrected chi connectivity index (χ3v) is 5.09. The molecule has 0 unspecified atom stereocenters. The number of hydrogen-bond donors (Lipinski definition) is 1. The second-order valence-corrected chi connectivity index (χ2v) is 8.17. The highest BCUT2D eigenvalue weighted by atomic mass is 35.7. The van der Waals surface area contributed by atoms with Crippen LogP contribution in [0.15, 0.2) is 46.5 Å². The molecule has 0 bridgehead atoms. The van der Waals surface area contributed by atoms with E-state index >= 15 is 0 Å². The van der Waals surface area contributed by atoms with Crippen molar-refractivity contribution in [2.45, 2.75) is 9.79 Å². The molecule has 0 aliphatic rings. The van der Waals surface area contributed by atoms with Crippen molar-refractivity contribution in [1.82, 2.24) is 9.78 Å². The number of benzene rings is 1. The monoisotopic (exact) mass is 335 g/mol. The molecule has 1 N–H and O–H groups in total. The van der Waals surface area contributed by atoms with E-state index in [0.29, 0.717) is 0 Å². The summed E-state index contributed by atoms with van der Waals surface area (Å²) in [6.07, 6.45) is 2.56. The number of nitrogens with one attached hydrogen (secondary N) is 1. The lowest BCUT2D eigenvalue weighted by atomic mass is 10.3. The highest BCUT2D eigenvalue weighted by molar-refractivity contribution is 8.13. The summed E-state index contributed by atoms with van der Waals surface area (Å²) in [7, 11) is -0.825. The first-order chi connectivity index (χ1) is 9.18. The fraction of sp³-hybridized carbons (Fsp3) is 0.100. The number of aromatic nitrogens is 2. The lowest BCUT2D eigenvalue weighted by Crippen LogP contribution is -2.12. The highest BCUT2D eigenvalue weighted by Crippen LogP contribution is 2.20. The minimum atomic E-state index is -3.83. The molecule has 108 valence electrons. The average Bonchev–Trinajstić information content (AvgIpc) is 2.76. The molecule has 1 aromatic heterocycles. The van der Waals surface area contributed by atoms with E-state index in [9.17, 15) is 16.8 Å². The van der Waals surface area contributed by atoms with Crippen molar-refractivity contribution in [3.8, 4) is 0 Å². The molecular formula is C10H10ClN3O4S2.